The molecule has 1 amide bonds. The highest BCUT2D eigenvalue weighted by Gasteiger charge is 2.07. The van der Waals surface area contributed by atoms with Gasteiger partial charge in [0, 0.05) is 0 Å². The van der Waals surface area contributed by atoms with Crippen molar-refractivity contribution in [3.05, 3.63) is 46.4 Å². The zero-order chi connectivity index (χ0) is 12.3. The second-order valence-corrected chi connectivity index (χ2v) is 4.37. The number of nitrogens with two attached hydrogens (primary N) is 1. The number of nitrogens with one attached hydrogen (secondary N) is 1. The molecule has 0 aliphatic rings. The summed E-state index contributed by atoms with van der Waals surface area (Å²) in [5, 5.41) is 6.47. The number of carbonyl (C=O) groups is 1. The fraction of sp³-hybridized carbons (Fsp3) is 0.0833. The van der Waals surface area contributed by atoms with E-state index >= 15 is 0 Å². The van der Waals surface area contributed by atoms with Gasteiger partial charge in [-0.3, -0.25) is 4.79 Å². The van der Waals surface area contributed by atoms with E-state index in [1.165, 1.54) is 29.5 Å². The maximum atomic E-state index is 12.8. The van der Waals surface area contributed by atoms with Crippen molar-refractivity contribution in [2.75, 3.05) is 11.1 Å². The highest BCUT2D eigenvalue weighted by atomic mass is 32.1. The number of halogens is 1. The van der Waals surface area contributed by atoms with E-state index in [0.29, 0.717) is 12.1 Å². The molecule has 5 heteroatoms. The van der Waals surface area contributed by atoms with Crippen molar-refractivity contribution in [3.63, 3.8) is 0 Å². The lowest BCUT2D eigenvalue weighted by Crippen LogP contribution is -2.15. The molecular weight excluding hydrogens is 239 g/mol. The third kappa shape index (κ3) is 3.04. The first-order chi connectivity index (χ1) is 8.15. The molecule has 0 aliphatic carbocycles. The molecule has 17 heavy (non-hydrogen) atoms. The van der Waals surface area contributed by atoms with Crippen LogP contribution in [0, 0.1) is 5.82 Å². The van der Waals surface area contributed by atoms with Gasteiger partial charge >= 0.3 is 0 Å². The Labute approximate surface area is 102 Å². The van der Waals surface area contributed by atoms with Crippen LogP contribution in [0.1, 0.15) is 5.56 Å². The van der Waals surface area contributed by atoms with E-state index in [-0.39, 0.29) is 11.6 Å². The van der Waals surface area contributed by atoms with Crippen molar-refractivity contribution in [3.8, 4) is 0 Å². The molecule has 0 saturated heterocycles. The highest BCUT2D eigenvalue weighted by Crippen LogP contribution is 2.19. The Bertz CT molecular complexity index is 525. The molecule has 0 fully saturated rings. The summed E-state index contributed by atoms with van der Waals surface area (Å²) < 4.78 is 12.8. The van der Waals surface area contributed by atoms with Crippen molar-refractivity contribution in [2.24, 2.45) is 0 Å². The van der Waals surface area contributed by atoms with Crippen LogP contribution in [0.15, 0.2) is 35.0 Å². The van der Waals surface area contributed by atoms with Gasteiger partial charge in [0.2, 0.25) is 5.91 Å². The number of anilines is 2. The van der Waals surface area contributed by atoms with E-state index in [1.54, 1.807) is 0 Å². The van der Waals surface area contributed by atoms with Gasteiger partial charge in [0.1, 0.15) is 5.82 Å². The molecular formula is C12H11FN2OS. The third-order valence-electron chi connectivity index (χ3n) is 2.23. The van der Waals surface area contributed by atoms with Crippen molar-refractivity contribution >= 4 is 28.6 Å². The van der Waals surface area contributed by atoms with E-state index in [2.05, 4.69) is 5.32 Å². The Balaban J connectivity index is 2.03. The molecule has 0 saturated carbocycles. The lowest BCUT2D eigenvalue weighted by atomic mass is 10.2. The third-order valence-corrected chi connectivity index (χ3v) is 2.96. The Morgan fingerprint density at radius 2 is 2.24 bits per heavy atom. The van der Waals surface area contributed by atoms with Gasteiger partial charge in [-0.15, -0.1) is 0 Å². The van der Waals surface area contributed by atoms with Crippen LogP contribution >= 0.6 is 11.3 Å². The summed E-state index contributed by atoms with van der Waals surface area (Å²) in [5.74, 6) is -0.583. The highest BCUT2D eigenvalue weighted by molar-refractivity contribution is 7.08. The van der Waals surface area contributed by atoms with Crippen molar-refractivity contribution in [1.82, 2.24) is 0 Å². The van der Waals surface area contributed by atoms with Gasteiger partial charge in [0.05, 0.1) is 17.8 Å². The van der Waals surface area contributed by atoms with Crippen LogP contribution in [0.25, 0.3) is 0 Å². The Hall–Kier alpha value is -1.88. The molecule has 2 rings (SSSR count). The van der Waals surface area contributed by atoms with E-state index in [9.17, 15) is 9.18 Å². The van der Waals surface area contributed by atoms with Gasteiger partial charge in [-0.1, -0.05) is 0 Å². The number of amides is 1. The standard InChI is InChI=1S/C12H11FN2OS/c13-9-1-2-11(10(14)6-9)15-12(16)5-8-3-4-17-7-8/h1-4,6-7H,5,14H2,(H,15,16). The van der Waals surface area contributed by atoms with Crippen LogP contribution in [0.4, 0.5) is 15.8 Å². The maximum absolute atomic E-state index is 12.8. The zero-order valence-corrected chi connectivity index (χ0v) is 9.76. The Kier molecular flexibility index (Phi) is 3.39. The SMILES string of the molecule is Nc1cc(F)ccc1NC(=O)Cc1ccsc1. The fourth-order valence-electron chi connectivity index (χ4n) is 1.42. The van der Waals surface area contributed by atoms with Crippen molar-refractivity contribution < 1.29 is 9.18 Å². The molecule has 3 nitrogen and oxygen atoms in total. The molecule has 1 aromatic carbocycles. The molecule has 88 valence electrons. The predicted octanol–water partition coefficient (Wildman–Crippen LogP) is 2.65. The van der Waals surface area contributed by atoms with E-state index in [0.717, 1.165) is 5.56 Å². The molecule has 0 aliphatic heterocycles. The van der Waals surface area contributed by atoms with Crippen LogP contribution in [-0.4, -0.2) is 5.91 Å². The van der Waals surface area contributed by atoms with Crippen LogP contribution < -0.4 is 11.1 Å². The first-order valence-corrected chi connectivity index (χ1v) is 5.95. The predicted molar refractivity (Wildman–Crippen MR) is 67.5 cm³/mol. The summed E-state index contributed by atoms with van der Waals surface area (Å²) in [6.07, 6.45) is 0.292. The second-order valence-electron chi connectivity index (χ2n) is 3.59. The van der Waals surface area contributed by atoms with Gasteiger partial charge in [-0.25, -0.2) is 4.39 Å². The van der Waals surface area contributed by atoms with Gasteiger partial charge in [0.25, 0.3) is 0 Å². The van der Waals surface area contributed by atoms with Gasteiger partial charge in [-0.05, 0) is 40.6 Å². The number of benzene rings is 1. The van der Waals surface area contributed by atoms with Gasteiger partial charge in [0.15, 0.2) is 0 Å². The smallest absolute Gasteiger partial charge is 0.228 e. The lowest BCUT2D eigenvalue weighted by Gasteiger charge is -2.07. The normalized spacial score (nSPS) is 10.2. The Morgan fingerprint density at radius 1 is 1.41 bits per heavy atom. The average Bonchev–Trinajstić information content (AvgIpc) is 2.75. The molecule has 0 spiro atoms. The molecule has 1 aromatic heterocycles. The van der Waals surface area contributed by atoms with Gasteiger partial charge < -0.3 is 11.1 Å². The summed E-state index contributed by atoms with van der Waals surface area (Å²) in [7, 11) is 0. The average molecular weight is 250 g/mol. The number of hydrogen-bond acceptors (Lipinski definition) is 3. The lowest BCUT2D eigenvalue weighted by molar-refractivity contribution is -0.115. The van der Waals surface area contributed by atoms with Crippen LogP contribution in [0.5, 0.6) is 0 Å². The molecule has 1 heterocycles. The molecule has 0 radical (unpaired) electrons. The number of nitrogen functional groups attached to an aromatic ring is 1. The monoisotopic (exact) mass is 250 g/mol. The first kappa shape index (κ1) is 11.6. The first-order valence-electron chi connectivity index (χ1n) is 5.01. The molecule has 0 bridgehead atoms. The molecule has 2 aromatic rings. The quantitative estimate of drug-likeness (QED) is 0.823. The second kappa shape index (κ2) is 4.97. The number of carbonyl (C=O) groups excluding carboxylic acids is 1. The van der Waals surface area contributed by atoms with E-state index in [1.807, 2.05) is 16.8 Å². The van der Waals surface area contributed by atoms with E-state index < -0.39 is 5.82 Å². The maximum Gasteiger partial charge on any atom is 0.228 e. The van der Waals surface area contributed by atoms with Crippen molar-refractivity contribution in [1.29, 1.82) is 0 Å². The minimum Gasteiger partial charge on any atom is -0.397 e. The van der Waals surface area contributed by atoms with Crippen LogP contribution in [0.2, 0.25) is 0 Å². The summed E-state index contributed by atoms with van der Waals surface area (Å²) in [6, 6.07) is 5.78. The number of hydrogen-bond donors (Lipinski definition) is 2. The molecule has 0 atom stereocenters. The molecule has 0 unspecified atom stereocenters. The van der Waals surface area contributed by atoms with Crippen molar-refractivity contribution in [2.45, 2.75) is 6.42 Å². The van der Waals surface area contributed by atoms with Gasteiger partial charge in [-0.2, -0.15) is 11.3 Å². The largest absolute Gasteiger partial charge is 0.397 e. The van der Waals surface area contributed by atoms with E-state index in [4.69, 9.17) is 5.73 Å². The fourth-order valence-corrected chi connectivity index (χ4v) is 2.09. The summed E-state index contributed by atoms with van der Waals surface area (Å²) in [4.78, 5) is 11.7. The van der Waals surface area contributed by atoms with Crippen LogP contribution in [-0.2, 0) is 11.2 Å². The number of rotatable bonds is 3. The zero-order valence-electron chi connectivity index (χ0n) is 8.94. The summed E-state index contributed by atoms with van der Waals surface area (Å²) in [5.41, 5.74) is 7.20. The number of thiophene rings is 1. The van der Waals surface area contributed by atoms with Crippen LogP contribution in [0.3, 0.4) is 0 Å². The Morgan fingerprint density at radius 3 is 2.88 bits per heavy atom. The summed E-state index contributed by atoms with van der Waals surface area (Å²) in [6.45, 7) is 0. The molecule has 3 N–H and O–H groups in total. The minimum absolute atomic E-state index is 0.165. The summed E-state index contributed by atoms with van der Waals surface area (Å²) >= 11 is 1.54. The minimum atomic E-state index is -0.418. The topological polar surface area (TPSA) is 55.1 Å².